The zero-order valence-corrected chi connectivity index (χ0v) is 18.1. The Kier molecular flexibility index (Phi) is 5.09. The van der Waals surface area contributed by atoms with Gasteiger partial charge in [0.1, 0.15) is 22.9 Å². The minimum absolute atomic E-state index is 0.0270. The van der Waals surface area contributed by atoms with Gasteiger partial charge in [-0.25, -0.2) is 4.52 Å². The largest absolute Gasteiger partial charge is 0.494 e. The van der Waals surface area contributed by atoms with Crippen LogP contribution in [0.15, 0.2) is 43.5 Å². The second-order valence-corrected chi connectivity index (χ2v) is 8.44. The molecule has 2 fully saturated rings. The molecule has 1 N–H and O–H groups in total. The molecular formula is C23H23N7O3. The van der Waals surface area contributed by atoms with Gasteiger partial charge in [0, 0.05) is 48.6 Å². The van der Waals surface area contributed by atoms with Crippen molar-refractivity contribution in [1.29, 1.82) is 5.26 Å². The molecule has 0 bridgehead atoms. The number of aromatic nitrogens is 4. The lowest BCUT2D eigenvalue weighted by molar-refractivity contribution is -0.145. The summed E-state index contributed by atoms with van der Waals surface area (Å²) in [4.78, 5) is 25.9. The number of methoxy groups -OCH3 is 1. The van der Waals surface area contributed by atoms with Gasteiger partial charge in [0.2, 0.25) is 11.8 Å². The summed E-state index contributed by atoms with van der Waals surface area (Å²) in [6.07, 6.45) is 9.69. The van der Waals surface area contributed by atoms with E-state index >= 15 is 0 Å². The average Bonchev–Trinajstić information content (AvgIpc) is 3.41. The number of pyridine rings is 1. The van der Waals surface area contributed by atoms with Gasteiger partial charge >= 0.3 is 0 Å². The van der Waals surface area contributed by atoms with Crippen LogP contribution in [0.4, 0.5) is 0 Å². The highest BCUT2D eigenvalue weighted by Crippen LogP contribution is 2.34. The SMILES string of the molecule is C=CC(=O)NC1CC(C(=O)N2CC(n3cc(-c4cc(OC)c5c(C#N)cnn5c4)cn3)C2)C1. The van der Waals surface area contributed by atoms with Crippen molar-refractivity contribution < 1.29 is 14.3 Å². The Bertz CT molecular complexity index is 1290. The highest BCUT2D eigenvalue weighted by molar-refractivity contribution is 5.87. The summed E-state index contributed by atoms with van der Waals surface area (Å²) in [5.74, 6) is 0.489. The van der Waals surface area contributed by atoms with Gasteiger partial charge < -0.3 is 15.0 Å². The Morgan fingerprint density at radius 1 is 1.24 bits per heavy atom. The van der Waals surface area contributed by atoms with E-state index in [1.807, 2.05) is 28.0 Å². The van der Waals surface area contributed by atoms with Gasteiger partial charge in [0.15, 0.2) is 0 Å². The van der Waals surface area contributed by atoms with Crippen LogP contribution in [0.1, 0.15) is 24.4 Å². The number of carbonyl (C=O) groups is 2. The molecule has 5 rings (SSSR count). The highest BCUT2D eigenvalue weighted by Gasteiger charge is 2.41. The quantitative estimate of drug-likeness (QED) is 0.575. The second-order valence-electron chi connectivity index (χ2n) is 8.44. The van der Waals surface area contributed by atoms with E-state index in [0.717, 1.165) is 11.1 Å². The predicted molar refractivity (Wildman–Crippen MR) is 118 cm³/mol. The molecule has 0 unspecified atom stereocenters. The molecule has 1 saturated carbocycles. The summed E-state index contributed by atoms with van der Waals surface area (Å²) < 4.78 is 9.00. The van der Waals surface area contributed by atoms with E-state index in [1.165, 1.54) is 12.3 Å². The Hall–Kier alpha value is -4.13. The zero-order valence-electron chi connectivity index (χ0n) is 18.1. The smallest absolute Gasteiger partial charge is 0.243 e. The van der Waals surface area contributed by atoms with Crippen LogP contribution >= 0.6 is 0 Å². The summed E-state index contributed by atoms with van der Waals surface area (Å²) in [7, 11) is 1.56. The molecule has 1 aliphatic carbocycles. The molecule has 168 valence electrons. The molecule has 3 aromatic rings. The number of hydrogen-bond acceptors (Lipinski definition) is 6. The lowest BCUT2D eigenvalue weighted by Crippen LogP contribution is -2.56. The maximum absolute atomic E-state index is 12.7. The maximum atomic E-state index is 12.7. The van der Waals surface area contributed by atoms with Gasteiger partial charge in [0.05, 0.1) is 25.5 Å². The molecular weight excluding hydrogens is 422 g/mol. The Labute approximate surface area is 190 Å². The lowest BCUT2D eigenvalue weighted by atomic mass is 9.78. The topological polar surface area (TPSA) is 118 Å². The van der Waals surface area contributed by atoms with Crippen molar-refractivity contribution in [2.45, 2.75) is 24.9 Å². The third kappa shape index (κ3) is 3.61. The summed E-state index contributed by atoms with van der Waals surface area (Å²) in [5, 5.41) is 20.9. The monoisotopic (exact) mass is 445 g/mol. The van der Waals surface area contributed by atoms with E-state index in [4.69, 9.17) is 4.74 Å². The van der Waals surface area contributed by atoms with E-state index in [2.05, 4.69) is 28.2 Å². The lowest BCUT2D eigenvalue weighted by Gasteiger charge is -2.44. The summed E-state index contributed by atoms with van der Waals surface area (Å²) in [6.45, 7) is 4.68. The summed E-state index contributed by atoms with van der Waals surface area (Å²) >= 11 is 0. The van der Waals surface area contributed by atoms with Crippen LogP contribution in [0.25, 0.3) is 16.6 Å². The van der Waals surface area contributed by atoms with Crippen LogP contribution < -0.4 is 10.1 Å². The molecule has 10 heteroatoms. The van der Waals surface area contributed by atoms with E-state index in [0.29, 0.717) is 42.8 Å². The number of nitrogens with one attached hydrogen (secondary N) is 1. The summed E-state index contributed by atoms with van der Waals surface area (Å²) in [5.41, 5.74) is 2.85. The molecule has 0 radical (unpaired) electrons. The molecule has 33 heavy (non-hydrogen) atoms. The van der Waals surface area contributed by atoms with Crippen molar-refractivity contribution in [2.75, 3.05) is 20.2 Å². The third-order valence-electron chi connectivity index (χ3n) is 6.42. The van der Waals surface area contributed by atoms with Crippen molar-refractivity contribution in [1.82, 2.24) is 29.6 Å². The number of ether oxygens (including phenoxy) is 1. The number of rotatable bonds is 6. The fraction of sp³-hybridized carbons (Fsp3) is 0.348. The van der Waals surface area contributed by atoms with Gasteiger partial charge in [-0.3, -0.25) is 14.3 Å². The first-order valence-corrected chi connectivity index (χ1v) is 10.7. The zero-order chi connectivity index (χ0) is 23.1. The highest BCUT2D eigenvalue weighted by atomic mass is 16.5. The minimum atomic E-state index is -0.195. The first kappa shape index (κ1) is 20.8. The van der Waals surface area contributed by atoms with E-state index in [-0.39, 0.29) is 29.8 Å². The Morgan fingerprint density at radius 3 is 2.73 bits per heavy atom. The Morgan fingerprint density at radius 2 is 2.03 bits per heavy atom. The number of amides is 2. The van der Waals surface area contributed by atoms with Gasteiger partial charge in [-0.1, -0.05) is 6.58 Å². The second kappa shape index (κ2) is 8.09. The molecule has 2 aliphatic rings. The van der Waals surface area contributed by atoms with Crippen LogP contribution in [0, 0.1) is 17.2 Å². The standard InChI is InChI=1S/C23H23N7O3/c1-3-21(31)27-18-4-14(5-18)23(32)28-12-19(13-28)29-11-17(9-25-29)15-6-20(33-2)22-16(7-24)8-26-30(22)10-15/h3,6,8-11,14,18-19H,1,4-5,12-13H2,2H3,(H,27,31). The molecule has 4 heterocycles. The maximum Gasteiger partial charge on any atom is 0.243 e. The van der Waals surface area contributed by atoms with E-state index in [1.54, 1.807) is 17.8 Å². The number of fused-ring (bicyclic) bond motifs is 1. The van der Waals surface area contributed by atoms with Gasteiger partial charge in [-0.2, -0.15) is 15.5 Å². The first-order chi connectivity index (χ1) is 16.0. The fourth-order valence-corrected chi connectivity index (χ4v) is 4.42. The predicted octanol–water partition coefficient (Wildman–Crippen LogP) is 1.54. The average molecular weight is 445 g/mol. The third-order valence-corrected chi connectivity index (χ3v) is 6.42. The van der Waals surface area contributed by atoms with Crippen LogP contribution in [-0.2, 0) is 9.59 Å². The van der Waals surface area contributed by atoms with Crippen molar-refractivity contribution in [3.63, 3.8) is 0 Å². The minimum Gasteiger partial charge on any atom is -0.494 e. The number of nitriles is 1. The normalized spacial score (nSPS) is 19.9. The van der Waals surface area contributed by atoms with Gasteiger partial charge in [-0.05, 0) is 25.0 Å². The van der Waals surface area contributed by atoms with Gasteiger partial charge in [-0.15, -0.1) is 0 Å². The van der Waals surface area contributed by atoms with Crippen molar-refractivity contribution >= 4 is 17.3 Å². The molecule has 1 saturated heterocycles. The number of nitrogens with zero attached hydrogens (tertiary/aromatic N) is 6. The molecule has 0 spiro atoms. The van der Waals surface area contributed by atoms with E-state index in [9.17, 15) is 14.9 Å². The number of carbonyl (C=O) groups excluding carboxylic acids is 2. The molecule has 0 atom stereocenters. The van der Waals surface area contributed by atoms with Gasteiger partial charge in [0.25, 0.3) is 0 Å². The number of hydrogen-bond donors (Lipinski definition) is 1. The number of likely N-dealkylation sites (tertiary alicyclic amines) is 1. The molecule has 3 aromatic heterocycles. The van der Waals surface area contributed by atoms with Crippen LogP contribution in [0.3, 0.4) is 0 Å². The van der Waals surface area contributed by atoms with Crippen molar-refractivity contribution in [3.05, 3.63) is 49.1 Å². The van der Waals surface area contributed by atoms with E-state index < -0.39 is 0 Å². The van der Waals surface area contributed by atoms with Crippen LogP contribution in [0.5, 0.6) is 5.75 Å². The summed E-state index contributed by atoms with van der Waals surface area (Å²) in [6, 6.07) is 4.18. The van der Waals surface area contributed by atoms with Crippen molar-refractivity contribution in [3.8, 4) is 22.9 Å². The molecule has 2 amide bonds. The Balaban J connectivity index is 1.22. The first-order valence-electron chi connectivity index (χ1n) is 10.7. The van der Waals surface area contributed by atoms with Crippen molar-refractivity contribution in [2.24, 2.45) is 5.92 Å². The fourth-order valence-electron chi connectivity index (χ4n) is 4.42. The van der Waals surface area contributed by atoms with Crippen LogP contribution in [-0.4, -0.2) is 62.3 Å². The molecule has 0 aromatic carbocycles. The molecule has 1 aliphatic heterocycles. The molecule has 10 nitrogen and oxygen atoms in total. The van der Waals surface area contributed by atoms with Crippen LogP contribution in [0.2, 0.25) is 0 Å².